The minimum atomic E-state index is -4.71. The van der Waals surface area contributed by atoms with Gasteiger partial charge in [0.05, 0.1) is 33.7 Å². The normalized spacial score (nSPS) is 22.0. The molecule has 4 N–H and O–H groups in total. The van der Waals surface area contributed by atoms with Crippen LogP contribution in [-0.2, 0) is 14.8 Å². The number of carbonyl (C=O) groups is 2. The summed E-state index contributed by atoms with van der Waals surface area (Å²) in [5.74, 6) is -5.03. The van der Waals surface area contributed by atoms with Crippen LogP contribution in [0, 0.1) is 21.4 Å². The minimum Gasteiger partial charge on any atom is -0.481 e. The number of hydrogen-bond donors (Lipinski definition) is 4. The van der Waals surface area contributed by atoms with Crippen molar-refractivity contribution in [3.63, 3.8) is 0 Å². The van der Waals surface area contributed by atoms with Crippen molar-refractivity contribution in [3.8, 4) is 5.88 Å². The first kappa shape index (κ1) is 50.2. The van der Waals surface area contributed by atoms with E-state index >= 15 is 0 Å². The predicted molar refractivity (Wildman–Crippen MR) is 275 cm³/mol. The Morgan fingerprint density at radius 1 is 1.00 bits per heavy atom. The Hall–Kier alpha value is -6.35. The number of aromatic nitrogens is 2. The fourth-order valence-corrected chi connectivity index (χ4v) is 12.7. The van der Waals surface area contributed by atoms with Crippen molar-refractivity contribution in [1.82, 2.24) is 24.5 Å². The zero-order valence-electron chi connectivity index (χ0n) is 40.6. The molecule has 6 heterocycles. The number of halogens is 3. The standard InChI is InChI=1S/C52H58ClF2N9O8S/c1-51(2)13-11-35(41(30-51)33-3-5-36(53)6-4-33)31-60-17-19-61(20-18-60)37-7-9-40(43(27-37)63-21-22-72-50-45(63)26-34-12-14-57-48(34)58-50)49(67)59-73(70,71)39-8-10-42(44(28-39)64(68)69)56-15-16-62-38-23-32(25-47(65)66)24-46(62)52(54,55)29-38/h3-10,12,14,26-28,32,38,46,56H,11,13,15-25,29-31H2,1-2H3,(H,57,58)(H,59,67)(H,65,66)/t32-,38?,46?/m1/s1. The van der Waals surface area contributed by atoms with Crippen molar-refractivity contribution in [2.24, 2.45) is 11.3 Å². The van der Waals surface area contributed by atoms with Crippen molar-refractivity contribution in [3.05, 3.63) is 111 Å². The van der Waals surface area contributed by atoms with Crippen LogP contribution in [0.5, 0.6) is 5.88 Å². The van der Waals surface area contributed by atoms with Gasteiger partial charge in [-0.15, -0.1) is 0 Å². The Bertz CT molecular complexity index is 3110. The Labute approximate surface area is 426 Å². The number of piperidine rings is 1. The van der Waals surface area contributed by atoms with E-state index < -0.39 is 61.8 Å². The molecule has 2 aromatic heterocycles. The number of hydrogen-bond acceptors (Lipinski definition) is 13. The molecule has 2 unspecified atom stereocenters. The van der Waals surface area contributed by atoms with E-state index in [0.717, 1.165) is 62.1 Å². The summed E-state index contributed by atoms with van der Waals surface area (Å²) < 4.78 is 66.2. The molecule has 4 aliphatic heterocycles. The minimum absolute atomic E-state index is 0.0173. The first-order chi connectivity index (χ1) is 34.8. The lowest BCUT2D eigenvalue weighted by atomic mass is 9.72. The number of H-pyrrole nitrogens is 1. The lowest BCUT2D eigenvalue weighted by Crippen LogP contribution is -2.48. The third kappa shape index (κ3) is 10.6. The molecule has 386 valence electrons. The van der Waals surface area contributed by atoms with Crippen LogP contribution >= 0.6 is 11.6 Å². The van der Waals surface area contributed by atoms with Gasteiger partial charge in [0.2, 0.25) is 5.88 Å². The number of carboxylic acids is 1. The molecule has 3 fully saturated rings. The molecule has 1 amide bonds. The summed E-state index contributed by atoms with van der Waals surface area (Å²) in [6, 6.07) is 18.7. The fourth-order valence-electron chi connectivity index (χ4n) is 11.6. The van der Waals surface area contributed by atoms with Gasteiger partial charge in [0, 0.05) is 93.1 Å². The van der Waals surface area contributed by atoms with Crippen molar-refractivity contribution < 1.29 is 41.6 Å². The number of nitro benzene ring substituents is 1. The summed E-state index contributed by atoms with van der Waals surface area (Å²) in [7, 11) is -4.71. The molecule has 0 saturated carbocycles. The van der Waals surface area contributed by atoms with Gasteiger partial charge in [-0.2, -0.15) is 4.98 Å². The molecule has 0 spiro atoms. The number of nitro groups is 1. The van der Waals surface area contributed by atoms with E-state index in [0.29, 0.717) is 54.0 Å². The molecule has 17 nitrogen and oxygen atoms in total. The van der Waals surface area contributed by atoms with E-state index in [1.54, 1.807) is 23.2 Å². The number of benzene rings is 3. The van der Waals surface area contributed by atoms with Crippen LogP contribution in [-0.4, -0.2) is 127 Å². The SMILES string of the molecule is CC1(C)CCC(CN2CCN(c3ccc(C(=O)NS(=O)(=O)c4ccc(NCCN5C6C[C@@H](CC(=O)O)CC5C(F)(F)C6)c([N+](=O)[O-])c4)c(N4CCOc5nc6[nH]ccc6cc54)c3)CC2)=C(c2ccc(Cl)cc2)C1. The molecule has 5 aliphatic rings. The largest absolute Gasteiger partial charge is 0.481 e. The van der Waals surface area contributed by atoms with Crippen LogP contribution in [0.4, 0.5) is 37.2 Å². The number of rotatable bonds is 15. The van der Waals surface area contributed by atoms with E-state index in [1.165, 1.54) is 22.8 Å². The van der Waals surface area contributed by atoms with E-state index in [1.807, 2.05) is 35.2 Å². The van der Waals surface area contributed by atoms with Gasteiger partial charge in [-0.05, 0) is 109 Å². The monoisotopic (exact) mass is 1040 g/mol. The number of piperazine rings is 1. The zero-order valence-corrected chi connectivity index (χ0v) is 42.2. The first-order valence-corrected chi connectivity index (χ1v) is 26.6. The molecule has 3 aromatic carbocycles. The molecular weight excluding hydrogens is 984 g/mol. The first-order valence-electron chi connectivity index (χ1n) is 24.7. The van der Waals surface area contributed by atoms with Gasteiger partial charge in [0.25, 0.3) is 27.5 Å². The number of alkyl halides is 2. The third-order valence-corrected chi connectivity index (χ3v) is 16.8. The molecule has 2 bridgehead atoms. The number of carbonyl (C=O) groups excluding carboxylic acids is 1. The van der Waals surface area contributed by atoms with Crippen molar-refractivity contribution in [2.45, 2.75) is 81.7 Å². The van der Waals surface area contributed by atoms with Crippen LogP contribution in [0.25, 0.3) is 16.6 Å². The Balaban J connectivity index is 0.871. The number of aromatic amines is 1. The molecular formula is C52H58ClF2N9O8S. The average molecular weight is 1040 g/mol. The van der Waals surface area contributed by atoms with Gasteiger partial charge in [0.1, 0.15) is 23.6 Å². The highest BCUT2D eigenvalue weighted by Gasteiger charge is 2.57. The van der Waals surface area contributed by atoms with Gasteiger partial charge in [-0.3, -0.25) is 29.5 Å². The fraction of sp³-hybridized carbons (Fsp3) is 0.442. The Morgan fingerprint density at radius 3 is 2.52 bits per heavy atom. The van der Waals surface area contributed by atoms with Crippen LogP contribution in [0.15, 0.2) is 89.5 Å². The number of sulfonamides is 1. The Kier molecular flexibility index (Phi) is 13.6. The summed E-state index contributed by atoms with van der Waals surface area (Å²) in [5.41, 5.74) is 6.10. The molecule has 3 atom stereocenters. The van der Waals surface area contributed by atoms with Crippen LogP contribution in [0.3, 0.4) is 0 Å². The molecule has 0 radical (unpaired) electrons. The van der Waals surface area contributed by atoms with E-state index in [4.69, 9.17) is 16.3 Å². The highest BCUT2D eigenvalue weighted by atomic mass is 35.5. The van der Waals surface area contributed by atoms with Crippen LogP contribution in [0.1, 0.15) is 74.7 Å². The number of pyridine rings is 1. The van der Waals surface area contributed by atoms with E-state index in [9.17, 15) is 42.0 Å². The summed E-state index contributed by atoms with van der Waals surface area (Å²) in [6.45, 7) is 9.14. The lowest BCUT2D eigenvalue weighted by Gasteiger charge is -2.39. The van der Waals surface area contributed by atoms with Crippen LogP contribution < -0.4 is 24.6 Å². The highest BCUT2D eigenvalue weighted by Crippen LogP contribution is 2.49. The van der Waals surface area contributed by atoms with Gasteiger partial charge >= 0.3 is 5.97 Å². The molecule has 10 rings (SSSR count). The maximum absolute atomic E-state index is 15.0. The van der Waals surface area contributed by atoms with E-state index in [-0.39, 0.29) is 55.1 Å². The molecule has 3 saturated heterocycles. The smallest absolute Gasteiger partial charge is 0.303 e. The summed E-state index contributed by atoms with van der Waals surface area (Å²) in [4.78, 5) is 52.9. The lowest BCUT2D eigenvalue weighted by molar-refractivity contribution is -0.384. The second kappa shape index (κ2) is 19.8. The molecule has 73 heavy (non-hydrogen) atoms. The predicted octanol–water partition coefficient (Wildman–Crippen LogP) is 8.93. The van der Waals surface area contributed by atoms with Crippen molar-refractivity contribution >= 4 is 78.5 Å². The maximum Gasteiger partial charge on any atom is 0.303 e. The number of amides is 1. The number of anilines is 4. The summed E-state index contributed by atoms with van der Waals surface area (Å²) in [5, 5.41) is 26.1. The number of nitrogens with zero attached hydrogens (tertiary/aromatic N) is 6. The second-order valence-electron chi connectivity index (χ2n) is 20.7. The number of carboxylic acid groups (broad SMARTS) is 1. The Morgan fingerprint density at radius 2 is 1.78 bits per heavy atom. The second-order valence-corrected chi connectivity index (χ2v) is 22.8. The summed E-state index contributed by atoms with van der Waals surface area (Å²) >= 11 is 6.27. The third-order valence-electron chi connectivity index (χ3n) is 15.3. The van der Waals surface area contributed by atoms with Gasteiger partial charge in [-0.25, -0.2) is 21.9 Å². The average Bonchev–Trinajstić information content (AvgIpc) is 3.86. The highest BCUT2D eigenvalue weighted by molar-refractivity contribution is 7.90. The maximum atomic E-state index is 15.0. The number of ether oxygens (including phenoxy) is 1. The number of fused-ring (bicyclic) bond motifs is 4. The quantitative estimate of drug-likeness (QED) is 0.0571. The number of aliphatic carboxylic acids is 1. The molecule has 5 aromatic rings. The summed E-state index contributed by atoms with van der Waals surface area (Å²) in [6.07, 6.45) is 4.63. The van der Waals surface area contributed by atoms with Crippen molar-refractivity contribution in [1.29, 1.82) is 0 Å². The number of allylic oxidation sites excluding steroid dienone is 1. The van der Waals surface area contributed by atoms with Crippen molar-refractivity contribution in [2.75, 3.05) is 74.1 Å². The van der Waals surface area contributed by atoms with E-state index in [2.05, 4.69) is 55.8 Å². The van der Waals surface area contributed by atoms with Gasteiger partial charge < -0.3 is 29.9 Å². The van der Waals surface area contributed by atoms with Gasteiger partial charge in [0.15, 0.2) is 0 Å². The van der Waals surface area contributed by atoms with Gasteiger partial charge in [-0.1, -0.05) is 43.2 Å². The molecule has 1 aliphatic carbocycles. The topological polar surface area (TPSA) is 207 Å². The van der Waals surface area contributed by atoms with Crippen LogP contribution in [0.2, 0.25) is 5.02 Å². The number of nitrogens with one attached hydrogen (secondary N) is 3. The molecule has 21 heteroatoms. The zero-order chi connectivity index (χ0) is 51.4.